The van der Waals surface area contributed by atoms with Crippen molar-refractivity contribution in [1.29, 1.82) is 0 Å². The van der Waals surface area contributed by atoms with Crippen LogP contribution in [0.4, 0.5) is 0 Å². The molecule has 4 nitrogen and oxygen atoms in total. The number of nitrogens with one attached hydrogen (secondary N) is 1. The molecule has 0 bridgehead atoms. The van der Waals surface area contributed by atoms with Gasteiger partial charge in [-0.15, -0.1) is 6.58 Å². The van der Waals surface area contributed by atoms with Crippen molar-refractivity contribution in [2.45, 2.75) is 37.6 Å². The van der Waals surface area contributed by atoms with Crippen molar-refractivity contribution < 1.29 is 9.59 Å². The monoisotopic (exact) mass is 222 g/mol. The SMILES string of the molecule is C=CCCN1CC(=O)NC2(CCCC2)C1=O. The molecule has 1 saturated heterocycles. The molecule has 1 heterocycles. The van der Waals surface area contributed by atoms with Gasteiger partial charge in [0.2, 0.25) is 11.8 Å². The summed E-state index contributed by atoms with van der Waals surface area (Å²) in [5, 5.41) is 2.89. The molecular weight excluding hydrogens is 204 g/mol. The molecule has 0 radical (unpaired) electrons. The highest BCUT2D eigenvalue weighted by atomic mass is 16.2. The van der Waals surface area contributed by atoms with Gasteiger partial charge in [0.1, 0.15) is 5.54 Å². The van der Waals surface area contributed by atoms with Gasteiger partial charge in [-0.1, -0.05) is 18.9 Å². The minimum Gasteiger partial charge on any atom is -0.340 e. The van der Waals surface area contributed by atoms with Gasteiger partial charge in [-0.3, -0.25) is 9.59 Å². The van der Waals surface area contributed by atoms with Crippen molar-refractivity contribution in [3.05, 3.63) is 12.7 Å². The maximum Gasteiger partial charge on any atom is 0.248 e. The third-order valence-corrected chi connectivity index (χ3v) is 3.47. The van der Waals surface area contributed by atoms with Crippen molar-refractivity contribution in [1.82, 2.24) is 10.2 Å². The van der Waals surface area contributed by atoms with Crippen LogP contribution in [0.1, 0.15) is 32.1 Å². The number of carbonyl (C=O) groups excluding carboxylic acids is 2. The smallest absolute Gasteiger partial charge is 0.248 e. The standard InChI is InChI=1S/C12H18N2O2/c1-2-3-8-14-9-10(15)13-12(11(14)16)6-4-5-7-12/h2H,1,3-9H2,(H,13,15). The number of carbonyl (C=O) groups is 2. The Kier molecular flexibility index (Phi) is 2.99. The summed E-state index contributed by atoms with van der Waals surface area (Å²) in [6.07, 6.45) is 6.17. The van der Waals surface area contributed by atoms with Gasteiger partial charge < -0.3 is 10.2 Å². The molecule has 0 unspecified atom stereocenters. The Hall–Kier alpha value is -1.32. The fourth-order valence-corrected chi connectivity index (χ4v) is 2.65. The van der Waals surface area contributed by atoms with E-state index in [0.717, 1.165) is 32.1 Å². The van der Waals surface area contributed by atoms with Gasteiger partial charge in [0.15, 0.2) is 0 Å². The number of hydrogen-bond acceptors (Lipinski definition) is 2. The molecular formula is C12H18N2O2. The van der Waals surface area contributed by atoms with Crippen molar-refractivity contribution >= 4 is 11.8 Å². The number of rotatable bonds is 3. The second-order valence-corrected chi connectivity index (χ2v) is 4.64. The Morgan fingerprint density at radius 1 is 1.38 bits per heavy atom. The zero-order chi connectivity index (χ0) is 11.6. The van der Waals surface area contributed by atoms with Crippen molar-refractivity contribution in [2.75, 3.05) is 13.1 Å². The van der Waals surface area contributed by atoms with Gasteiger partial charge in [-0.25, -0.2) is 0 Å². The number of hydrogen-bond donors (Lipinski definition) is 1. The van der Waals surface area contributed by atoms with E-state index in [1.807, 2.05) is 0 Å². The van der Waals surface area contributed by atoms with Gasteiger partial charge >= 0.3 is 0 Å². The summed E-state index contributed by atoms with van der Waals surface area (Å²) in [5.74, 6) is 0.0806. The molecule has 1 aliphatic carbocycles. The van der Waals surface area contributed by atoms with Crippen molar-refractivity contribution in [3.63, 3.8) is 0 Å². The van der Waals surface area contributed by atoms with E-state index in [2.05, 4.69) is 11.9 Å². The van der Waals surface area contributed by atoms with E-state index in [1.165, 1.54) is 0 Å². The molecule has 1 spiro atoms. The molecule has 1 saturated carbocycles. The Bertz CT molecular complexity index is 319. The quantitative estimate of drug-likeness (QED) is 0.719. The van der Waals surface area contributed by atoms with Crippen LogP contribution in [-0.4, -0.2) is 35.3 Å². The number of amides is 2. The first-order valence-electron chi connectivity index (χ1n) is 5.89. The topological polar surface area (TPSA) is 49.4 Å². The van der Waals surface area contributed by atoms with Crippen molar-refractivity contribution in [2.24, 2.45) is 0 Å². The van der Waals surface area contributed by atoms with Gasteiger partial charge in [0, 0.05) is 6.54 Å². The molecule has 2 amide bonds. The lowest BCUT2D eigenvalue weighted by atomic mass is 9.93. The molecule has 0 aromatic carbocycles. The molecule has 2 rings (SSSR count). The maximum atomic E-state index is 12.3. The zero-order valence-corrected chi connectivity index (χ0v) is 9.50. The molecule has 0 aromatic rings. The number of piperazine rings is 1. The summed E-state index contributed by atoms with van der Waals surface area (Å²) >= 11 is 0. The summed E-state index contributed by atoms with van der Waals surface area (Å²) in [5.41, 5.74) is -0.573. The lowest BCUT2D eigenvalue weighted by molar-refractivity contribution is -0.149. The molecule has 0 atom stereocenters. The molecule has 16 heavy (non-hydrogen) atoms. The van der Waals surface area contributed by atoms with E-state index in [9.17, 15) is 9.59 Å². The second-order valence-electron chi connectivity index (χ2n) is 4.64. The van der Waals surface area contributed by atoms with Gasteiger partial charge in [-0.05, 0) is 19.3 Å². The van der Waals surface area contributed by atoms with Gasteiger partial charge in [-0.2, -0.15) is 0 Å². The highest BCUT2D eigenvalue weighted by molar-refractivity contribution is 5.98. The van der Waals surface area contributed by atoms with Crippen LogP contribution in [0.25, 0.3) is 0 Å². The number of nitrogens with zero attached hydrogens (tertiary/aromatic N) is 1. The first-order chi connectivity index (χ1) is 7.68. The van der Waals surface area contributed by atoms with Crippen molar-refractivity contribution in [3.8, 4) is 0 Å². The first kappa shape index (κ1) is 11.2. The average molecular weight is 222 g/mol. The molecule has 4 heteroatoms. The highest BCUT2D eigenvalue weighted by Gasteiger charge is 2.47. The van der Waals surface area contributed by atoms with E-state index in [1.54, 1.807) is 11.0 Å². The van der Waals surface area contributed by atoms with Gasteiger partial charge in [0.25, 0.3) is 0 Å². The highest BCUT2D eigenvalue weighted by Crippen LogP contribution is 2.33. The summed E-state index contributed by atoms with van der Waals surface area (Å²) in [7, 11) is 0. The fourth-order valence-electron chi connectivity index (χ4n) is 2.65. The zero-order valence-electron chi connectivity index (χ0n) is 9.50. The molecule has 2 fully saturated rings. The summed E-state index contributed by atoms with van der Waals surface area (Å²) < 4.78 is 0. The summed E-state index contributed by atoms with van der Waals surface area (Å²) in [4.78, 5) is 25.6. The van der Waals surface area contributed by atoms with Crippen LogP contribution in [0, 0.1) is 0 Å². The largest absolute Gasteiger partial charge is 0.340 e. The third kappa shape index (κ3) is 1.84. The van der Waals surface area contributed by atoms with Crippen LogP contribution >= 0.6 is 0 Å². The molecule has 0 aromatic heterocycles. The normalized spacial score (nSPS) is 23.6. The second kappa shape index (κ2) is 4.28. The van der Waals surface area contributed by atoms with Crippen LogP contribution in [0.2, 0.25) is 0 Å². The Labute approximate surface area is 95.7 Å². The summed E-state index contributed by atoms with van der Waals surface area (Å²) in [6.45, 7) is 4.45. The molecule has 2 aliphatic rings. The predicted octanol–water partition coefficient (Wildman–Crippen LogP) is 0.834. The summed E-state index contributed by atoms with van der Waals surface area (Å²) in [6, 6.07) is 0. The van der Waals surface area contributed by atoms with Crippen LogP contribution in [0.15, 0.2) is 12.7 Å². The average Bonchev–Trinajstić information content (AvgIpc) is 2.71. The van der Waals surface area contributed by atoms with E-state index in [-0.39, 0.29) is 18.4 Å². The van der Waals surface area contributed by atoms with Crippen LogP contribution in [0.3, 0.4) is 0 Å². The van der Waals surface area contributed by atoms with E-state index in [4.69, 9.17) is 0 Å². The van der Waals surface area contributed by atoms with E-state index in [0.29, 0.717) is 6.54 Å². The van der Waals surface area contributed by atoms with Crippen LogP contribution in [-0.2, 0) is 9.59 Å². The Balaban J connectivity index is 2.12. The van der Waals surface area contributed by atoms with E-state index < -0.39 is 5.54 Å². The first-order valence-corrected chi connectivity index (χ1v) is 5.89. The van der Waals surface area contributed by atoms with Gasteiger partial charge in [0.05, 0.1) is 6.54 Å². The molecule has 1 aliphatic heterocycles. The third-order valence-electron chi connectivity index (χ3n) is 3.47. The maximum absolute atomic E-state index is 12.3. The van der Waals surface area contributed by atoms with Crippen LogP contribution in [0.5, 0.6) is 0 Å². The lowest BCUT2D eigenvalue weighted by Gasteiger charge is -2.39. The minimum absolute atomic E-state index is 0.0226. The predicted molar refractivity (Wildman–Crippen MR) is 60.7 cm³/mol. The van der Waals surface area contributed by atoms with E-state index >= 15 is 0 Å². The molecule has 1 N–H and O–H groups in total. The lowest BCUT2D eigenvalue weighted by Crippen LogP contribution is -2.65. The Morgan fingerprint density at radius 2 is 2.06 bits per heavy atom. The van der Waals surface area contributed by atoms with Crippen LogP contribution < -0.4 is 5.32 Å². The molecule has 88 valence electrons. The minimum atomic E-state index is -0.573. The Morgan fingerprint density at radius 3 is 2.69 bits per heavy atom. The fraction of sp³-hybridized carbons (Fsp3) is 0.667.